The molecule has 21 heavy (non-hydrogen) atoms. The minimum absolute atomic E-state index is 0.109. The van der Waals surface area contributed by atoms with Gasteiger partial charge in [-0.2, -0.15) is 8.42 Å². The van der Waals surface area contributed by atoms with E-state index in [1.54, 1.807) is 30.5 Å². The highest BCUT2D eigenvalue weighted by atomic mass is 32.2. The van der Waals surface area contributed by atoms with Crippen LogP contribution in [0.15, 0.2) is 65.7 Å². The SMILES string of the molecule is O=S(=O)(Oc1cccc2cccnc12)c1cccc(F)c1. The normalized spacial score (nSPS) is 11.5. The van der Waals surface area contributed by atoms with Gasteiger partial charge in [0.2, 0.25) is 0 Å². The van der Waals surface area contributed by atoms with Crippen molar-refractivity contribution in [1.82, 2.24) is 4.98 Å². The van der Waals surface area contributed by atoms with Gasteiger partial charge in [0.25, 0.3) is 0 Å². The van der Waals surface area contributed by atoms with Crippen molar-refractivity contribution in [2.75, 3.05) is 0 Å². The quantitative estimate of drug-likeness (QED) is 0.698. The van der Waals surface area contributed by atoms with Gasteiger partial charge in [-0.25, -0.2) is 4.39 Å². The van der Waals surface area contributed by atoms with Crippen LogP contribution in [0.25, 0.3) is 10.9 Å². The van der Waals surface area contributed by atoms with Gasteiger partial charge in [0.15, 0.2) is 5.75 Å². The standard InChI is InChI=1S/C15H10FNO3S/c16-12-6-2-7-13(10-12)21(18,19)20-14-8-1-4-11-5-3-9-17-15(11)14/h1-10H. The van der Waals surface area contributed by atoms with Crippen LogP contribution in [0.5, 0.6) is 5.75 Å². The molecule has 0 fully saturated rings. The summed E-state index contributed by atoms with van der Waals surface area (Å²) in [5, 5.41) is 0.754. The Labute approximate surface area is 121 Å². The number of nitrogens with zero attached hydrogens (tertiary/aromatic N) is 1. The van der Waals surface area contributed by atoms with Gasteiger partial charge in [-0.15, -0.1) is 0 Å². The second kappa shape index (κ2) is 5.14. The number of fused-ring (bicyclic) bond motifs is 1. The molecule has 0 saturated heterocycles. The molecule has 0 N–H and O–H groups in total. The number of para-hydroxylation sites is 1. The van der Waals surface area contributed by atoms with E-state index in [0.29, 0.717) is 5.52 Å². The lowest BCUT2D eigenvalue weighted by Crippen LogP contribution is -2.10. The Balaban J connectivity index is 2.06. The zero-order valence-electron chi connectivity index (χ0n) is 10.7. The van der Waals surface area contributed by atoms with Crippen LogP contribution in [0.4, 0.5) is 4.39 Å². The van der Waals surface area contributed by atoms with Gasteiger partial charge in [-0.1, -0.05) is 24.3 Å². The van der Waals surface area contributed by atoms with Crippen molar-refractivity contribution in [2.45, 2.75) is 4.90 Å². The molecule has 6 heteroatoms. The van der Waals surface area contributed by atoms with Crippen LogP contribution in [0, 0.1) is 5.82 Å². The van der Waals surface area contributed by atoms with E-state index in [1.165, 1.54) is 24.3 Å². The summed E-state index contributed by atoms with van der Waals surface area (Å²) in [5.41, 5.74) is 0.431. The fourth-order valence-corrected chi connectivity index (χ4v) is 2.90. The molecule has 4 nitrogen and oxygen atoms in total. The third-order valence-electron chi connectivity index (χ3n) is 2.88. The van der Waals surface area contributed by atoms with Crippen molar-refractivity contribution < 1.29 is 17.0 Å². The molecule has 1 heterocycles. The van der Waals surface area contributed by atoms with E-state index in [-0.39, 0.29) is 10.6 Å². The van der Waals surface area contributed by atoms with Crippen molar-refractivity contribution >= 4 is 21.0 Å². The molecule has 3 aromatic rings. The second-order valence-electron chi connectivity index (χ2n) is 4.33. The van der Waals surface area contributed by atoms with Gasteiger partial charge in [0, 0.05) is 11.6 Å². The van der Waals surface area contributed by atoms with Crippen LogP contribution in [-0.4, -0.2) is 13.4 Å². The van der Waals surface area contributed by atoms with Crippen LogP contribution in [0.2, 0.25) is 0 Å². The molecule has 0 amide bonds. The smallest absolute Gasteiger partial charge is 0.339 e. The Morgan fingerprint density at radius 1 is 1.00 bits per heavy atom. The van der Waals surface area contributed by atoms with E-state index in [4.69, 9.17) is 4.18 Å². The van der Waals surface area contributed by atoms with Crippen molar-refractivity contribution in [3.05, 3.63) is 66.6 Å². The molecule has 106 valence electrons. The Kier molecular flexibility index (Phi) is 3.31. The Morgan fingerprint density at radius 3 is 2.57 bits per heavy atom. The largest absolute Gasteiger partial charge is 0.377 e. The predicted molar refractivity (Wildman–Crippen MR) is 76.0 cm³/mol. The van der Waals surface area contributed by atoms with Gasteiger partial charge in [0.05, 0.1) is 0 Å². The zero-order chi connectivity index (χ0) is 14.9. The maximum absolute atomic E-state index is 13.2. The first-order chi connectivity index (χ1) is 10.1. The van der Waals surface area contributed by atoms with Gasteiger partial charge < -0.3 is 4.18 Å². The van der Waals surface area contributed by atoms with Crippen molar-refractivity contribution in [3.63, 3.8) is 0 Å². The van der Waals surface area contributed by atoms with Crippen LogP contribution in [0.3, 0.4) is 0 Å². The average molecular weight is 303 g/mol. The lowest BCUT2D eigenvalue weighted by Gasteiger charge is -2.08. The van der Waals surface area contributed by atoms with E-state index in [9.17, 15) is 12.8 Å². The molecule has 0 atom stereocenters. The molecule has 0 bridgehead atoms. The molecular formula is C15H10FNO3S. The topological polar surface area (TPSA) is 56.3 Å². The van der Waals surface area contributed by atoms with Crippen LogP contribution in [-0.2, 0) is 10.1 Å². The van der Waals surface area contributed by atoms with E-state index in [0.717, 1.165) is 11.5 Å². The van der Waals surface area contributed by atoms with Gasteiger partial charge in [0.1, 0.15) is 16.2 Å². The Hall–Kier alpha value is -2.47. The average Bonchev–Trinajstić information content (AvgIpc) is 2.47. The first-order valence-electron chi connectivity index (χ1n) is 6.10. The van der Waals surface area contributed by atoms with E-state index < -0.39 is 15.9 Å². The summed E-state index contributed by atoms with van der Waals surface area (Å²) in [6, 6.07) is 13.2. The molecular weight excluding hydrogens is 293 g/mol. The molecule has 0 aliphatic carbocycles. The fourth-order valence-electron chi connectivity index (χ4n) is 1.93. The minimum Gasteiger partial charge on any atom is -0.377 e. The lowest BCUT2D eigenvalue weighted by molar-refractivity contribution is 0.487. The number of halogens is 1. The molecule has 0 radical (unpaired) electrons. The molecule has 0 spiro atoms. The summed E-state index contributed by atoms with van der Waals surface area (Å²) in [7, 11) is -4.11. The number of hydrogen-bond acceptors (Lipinski definition) is 4. The molecule has 0 saturated carbocycles. The third kappa shape index (κ3) is 2.71. The highest BCUT2D eigenvalue weighted by Gasteiger charge is 2.18. The summed E-state index contributed by atoms with van der Waals surface area (Å²) >= 11 is 0. The Bertz CT molecular complexity index is 904. The fraction of sp³-hybridized carbons (Fsp3) is 0. The molecule has 0 aliphatic heterocycles. The summed E-state index contributed by atoms with van der Waals surface area (Å²) in [5.74, 6) is -0.534. The van der Waals surface area contributed by atoms with Crippen molar-refractivity contribution in [3.8, 4) is 5.75 Å². The van der Waals surface area contributed by atoms with Crippen LogP contribution < -0.4 is 4.18 Å². The number of aromatic nitrogens is 1. The molecule has 1 aromatic heterocycles. The van der Waals surface area contributed by atoms with Gasteiger partial charge in [-0.05, 0) is 30.3 Å². The Morgan fingerprint density at radius 2 is 1.76 bits per heavy atom. The molecule has 3 rings (SSSR count). The number of benzene rings is 2. The maximum atomic E-state index is 13.2. The first-order valence-corrected chi connectivity index (χ1v) is 7.51. The highest BCUT2D eigenvalue weighted by molar-refractivity contribution is 7.87. The minimum atomic E-state index is -4.11. The first kappa shape index (κ1) is 13.5. The van der Waals surface area contributed by atoms with Gasteiger partial charge in [-0.3, -0.25) is 4.98 Å². The predicted octanol–water partition coefficient (Wildman–Crippen LogP) is 3.14. The van der Waals surface area contributed by atoms with Crippen molar-refractivity contribution in [2.24, 2.45) is 0 Å². The molecule has 0 unspecified atom stereocenters. The monoisotopic (exact) mass is 303 g/mol. The number of pyridine rings is 1. The lowest BCUT2D eigenvalue weighted by atomic mass is 10.2. The van der Waals surface area contributed by atoms with Crippen molar-refractivity contribution in [1.29, 1.82) is 0 Å². The highest BCUT2D eigenvalue weighted by Crippen LogP contribution is 2.26. The summed E-state index contributed by atoms with van der Waals surface area (Å²) in [6.45, 7) is 0. The second-order valence-corrected chi connectivity index (χ2v) is 5.87. The zero-order valence-corrected chi connectivity index (χ0v) is 11.5. The summed E-state index contributed by atoms with van der Waals surface area (Å²) in [6.07, 6.45) is 1.55. The van der Waals surface area contributed by atoms with E-state index >= 15 is 0 Å². The van der Waals surface area contributed by atoms with Crippen LogP contribution >= 0.6 is 0 Å². The number of hydrogen-bond donors (Lipinski definition) is 0. The van der Waals surface area contributed by atoms with Crippen LogP contribution in [0.1, 0.15) is 0 Å². The molecule has 0 aliphatic rings. The van der Waals surface area contributed by atoms with E-state index in [1.807, 2.05) is 0 Å². The van der Waals surface area contributed by atoms with Gasteiger partial charge >= 0.3 is 10.1 Å². The third-order valence-corrected chi connectivity index (χ3v) is 4.11. The van der Waals surface area contributed by atoms with E-state index in [2.05, 4.69) is 4.98 Å². The summed E-state index contributed by atoms with van der Waals surface area (Å²) < 4.78 is 42.6. The molecule has 2 aromatic carbocycles. The number of rotatable bonds is 3. The maximum Gasteiger partial charge on any atom is 0.339 e. The summed E-state index contributed by atoms with van der Waals surface area (Å²) in [4.78, 5) is 3.87.